The van der Waals surface area contributed by atoms with Gasteiger partial charge in [0.05, 0.1) is 12.8 Å². The van der Waals surface area contributed by atoms with E-state index < -0.39 is 0 Å². The number of ether oxygens (including phenoxy) is 1. The first-order chi connectivity index (χ1) is 19.9. The predicted octanol–water partition coefficient (Wildman–Crippen LogP) is 7.06. The largest absolute Gasteiger partial charge is 0.496 e. The average Bonchev–Trinajstić information content (AvgIpc) is 3.59. The van der Waals surface area contributed by atoms with Crippen molar-refractivity contribution in [2.75, 3.05) is 44.7 Å². The third kappa shape index (κ3) is 6.19. The zero-order valence-electron chi connectivity index (χ0n) is 26.1. The topological polar surface area (TPSA) is 66.0 Å². The fraction of sp³-hybridized carbons (Fsp3) is 0.500. The number of amides is 3. The molecule has 1 aromatic heterocycles. The number of anilines is 1. The van der Waals surface area contributed by atoms with Crippen molar-refractivity contribution in [3.8, 4) is 16.3 Å². The molecule has 0 unspecified atom stereocenters. The molecule has 2 saturated heterocycles. The van der Waals surface area contributed by atoms with Crippen LogP contribution < -0.4 is 9.64 Å². The van der Waals surface area contributed by atoms with E-state index in [1.54, 1.807) is 28.2 Å². The Labute approximate surface area is 254 Å². The van der Waals surface area contributed by atoms with Crippen molar-refractivity contribution in [3.05, 3.63) is 64.7 Å². The summed E-state index contributed by atoms with van der Waals surface area (Å²) in [4.78, 5) is 36.5. The average molecular weight is 589 g/mol. The minimum Gasteiger partial charge on any atom is -0.496 e. The summed E-state index contributed by atoms with van der Waals surface area (Å²) in [5.41, 5.74) is 5.37. The molecule has 2 aliphatic heterocycles. The Kier molecular flexibility index (Phi) is 8.39. The highest BCUT2D eigenvalue weighted by Crippen LogP contribution is 2.43. The van der Waals surface area contributed by atoms with Crippen LogP contribution in [0.25, 0.3) is 10.6 Å². The summed E-state index contributed by atoms with van der Waals surface area (Å²) < 4.78 is 5.95. The maximum absolute atomic E-state index is 13.1. The van der Waals surface area contributed by atoms with Crippen molar-refractivity contribution in [2.24, 2.45) is 0 Å². The molecule has 8 heteroatoms. The van der Waals surface area contributed by atoms with E-state index in [9.17, 15) is 9.59 Å². The molecule has 0 N–H and O–H groups in total. The van der Waals surface area contributed by atoms with Crippen LogP contribution in [-0.4, -0.2) is 66.6 Å². The van der Waals surface area contributed by atoms with Gasteiger partial charge < -0.3 is 14.5 Å². The number of para-hydroxylation sites is 1. The van der Waals surface area contributed by atoms with Crippen molar-refractivity contribution in [1.29, 1.82) is 0 Å². The number of benzene rings is 2. The Hall–Kier alpha value is -3.39. The molecule has 3 aromatic rings. The molecule has 2 aliphatic rings. The first kappa shape index (κ1) is 30.1. The molecule has 3 heterocycles. The first-order valence-electron chi connectivity index (χ1n) is 14.9. The zero-order valence-corrected chi connectivity index (χ0v) is 26.9. The van der Waals surface area contributed by atoms with Crippen molar-refractivity contribution < 1.29 is 14.3 Å². The second-order valence-electron chi connectivity index (χ2n) is 13.5. The smallest absolute Gasteiger partial charge is 0.325 e. The van der Waals surface area contributed by atoms with Crippen LogP contribution in [0.1, 0.15) is 77.1 Å². The minimum atomic E-state index is -0.0952. The number of likely N-dealkylation sites (tertiary alicyclic amines) is 1. The highest BCUT2D eigenvalue weighted by atomic mass is 32.1. The molecule has 0 bridgehead atoms. The van der Waals surface area contributed by atoms with Crippen LogP contribution in [0, 0.1) is 0 Å². The van der Waals surface area contributed by atoms with Gasteiger partial charge in [-0.25, -0.2) is 9.78 Å². The molecular weight excluding hydrogens is 544 g/mol. The van der Waals surface area contributed by atoms with E-state index in [2.05, 4.69) is 59.1 Å². The van der Waals surface area contributed by atoms with Crippen LogP contribution in [0.3, 0.4) is 0 Å². The van der Waals surface area contributed by atoms with Gasteiger partial charge in [0.1, 0.15) is 17.3 Å². The molecule has 3 amide bonds. The van der Waals surface area contributed by atoms with E-state index in [0.29, 0.717) is 32.1 Å². The number of hydrogen-bond donors (Lipinski definition) is 0. The van der Waals surface area contributed by atoms with Crippen LogP contribution in [0.2, 0.25) is 0 Å². The van der Waals surface area contributed by atoms with Crippen LogP contribution in [0.15, 0.2) is 47.8 Å². The number of aromatic nitrogens is 1. The van der Waals surface area contributed by atoms with Gasteiger partial charge in [0, 0.05) is 59.9 Å². The second kappa shape index (κ2) is 11.7. The quantitative estimate of drug-likeness (QED) is 0.309. The molecule has 0 saturated carbocycles. The monoisotopic (exact) mass is 588 g/mol. The lowest BCUT2D eigenvalue weighted by Crippen LogP contribution is -2.45. The zero-order chi connectivity index (χ0) is 30.2. The molecule has 0 radical (unpaired) electrons. The van der Waals surface area contributed by atoms with Crippen molar-refractivity contribution in [2.45, 2.75) is 71.1 Å². The lowest BCUT2D eigenvalue weighted by atomic mass is 9.78. The van der Waals surface area contributed by atoms with Gasteiger partial charge in [-0.3, -0.25) is 9.69 Å². The molecule has 42 heavy (non-hydrogen) atoms. The number of nitrogens with zero attached hydrogens (tertiary/aromatic N) is 4. The van der Waals surface area contributed by atoms with E-state index in [-0.39, 0.29) is 29.3 Å². The second-order valence-corrected chi connectivity index (χ2v) is 14.4. The molecule has 224 valence electrons. The van der Waals surface area contributed by atoms with Crippen LogP contribution in [0.4, 0.5) is 10.5 Å². The van der Waals surface area contributed by atoms with E-state index in [0.717, 1.165) is 40.5 Å². The highest BCUT2D eigenvalue weighted by Gasteiger charge is 2.33. The fourth-order valence-electron chi connectivity index (χ4n) is 5.96. The minimum absolute atomic E-state index is 0.0262. The molecular formula is C34H44N4O3S. The van der Waals surface area contributed by atoms with E-state index >= 15 is 0 Å². The number of hydrogen-bond acceptors (Lipinski definition) is 5. The van der Waals surface area contributed by atoms with Crippen molar-refractivity contribution in [1.82, 2.24) is 14.8 Å². The van der Waals surface area contributed by atoms with Gasteiger partial charge in [-0.1, -0.05) is 59.7 Å². The van der Waals surface area contributed by atoms with Gasteiger partial charge in [0.25, 0.3) is 0 Å². The maximum atomic E-state index is 13.1. The summed E-state index contributed by atoms with van der Waals surface area (Å²) in [6.07, 6.45) is 1.75. The van der Waals surface area contributed by atoms with Gasteiger partial charge in [-0.05, 0) is 47.9 Å². The van der Waals surface area contributed by atoms with Gasteiger partial charge in [-0.15, -0.1) is 11.3 Å². The predicted molar refractivity (Wildman–Crippen MR) is 171 cm³/mol. The molecule has 2 aromatic carbocycles. The number of piperidine rings is 1. The fourth-order valence-corrected chi connectivity index (χ4v) is 6.85. The lowest BCUT2D eigenvalue weighted by molar-refractivity contribution is -0.132. The normalized spacial score (nSPS) is 16.8. The third-order valence-electron chi connectivity index (χ3n) is 8.43. The Bertz CT molecular complexity index is 1390. The maximum Gasteiger partial charge on any atom is 0.325 e. The summed E-state index contributed by atoms with van der Waals surface area (Å²) in [6, 6.07) is 14.0. The first-order valence-corrected chi connectivity index (χ1v) is 15.8. The molecule has 7 nitrogen and oxygen atoms in total. The molecule has 2 fully saturated rings. The highest BCUT2D eigenvalue weighted by molar-refractivity contribution is 7.13. The Morgan fingerprint density at radius 1 is 0.952 bits per heavy atom. The van der Waals surface area contributed by atoms with Gasteiger partial charge in [0.15, 0.2) is 0 Å². The van der Waals surface area contributed by atoms with Crippen LogP contribution >= 0.6 is 11.3 Å². The Morgan fingerprint density at radius 2 is 1.57 bits per heavy atom. The number of carbonyl (C=O) groups excluding carboxylic acids is 2. The summed E-state index contributed by atoms with van der Waals surface area (Å²) in [5.74, 6) is 1.32. The van der Waals surface area contributed by atoms with Gasteiger partial charge in [0.2, 0.25) is 5.91 Å². The summed E-state index contributed by atoms with van der Waals surface area (Å²) in [7, 11) is 1.76. The van der Waals surface area contributed by atoms with E-state index in [1.807, 2.05) is 35.2 Å². The standard InChI is InChI=1S/C34H44N4O3S/c1-33(2,3)26-19-24(20-27(30(26)41-7)34(4,5)6)31-35-28(22-42-31)23-13-15-36(16-14-23)29(39)21-37-17-18-38(32(37)40)25-11-9-8-10-12-25/h8-12,19-20,22-23H,13-18,21H2,1-7H3. The van der Waals surface area contributed by atoms with E-state index in [1.165, 1.54) is 11.1 Å². The molecule has 5 rings (SSSR count). The summed E-state index contributed by atoms with van der Waals surface area (Å²) in [5, 5.41) is 3.22. The van der Waals surface area contributed by atoms with Crippen molar-refractivity contribution in [3.63, 3.8) is 0 Å². The van der Waals surface area contributed by atoms with E-state index in [4.69, 9.17) is 9.72 Å². The van der Waals surface area contributed by atoms with Gasteiger partial charge >= 0.3 is 6.03 Å². The van der Waals surface area contributed by atoms with Crippen LogP contribution in [-0.2, 0) is 15.6 Å². The SMILES string of the molecule is COc1c(C(C)(C)C)cc(-c2nc(C3CCN(C(=O)CN4CCN(c5ccccc5)C4=O)CC3)cs2)cc1C(C)(C)C. The Morgan fingerprint density at radius 3 is 2.14 bits per heavy atom. The molecule has 0 spiro atoms. The van der Waals surface area contributed by atoms with Crippen molar-refractivity contribution >= 4 is 29.0 Å². The number of thiazole rings is 1. The molecule has 0 atom stereocenters. The number of carbonyl (C=O) groups is 2. The lowest BCUT2D eigenvalue weighted by Gasteiger charge is -2.32. The number of urea groups is 1. The Balaban J connectivity index is 1.24. The summed E-state index contributed by atoms with van der Waals surface area (Å²) in [6.45, 7) is 16.0. The van der Waals surface area contributed by atoms with Gasteiger partial charge in [-0.2, -0.15) is 0 Å². The third-order valence-corrected chi connectivity index (χ3v) is 9.34. The van der Waals surface area contributed by atoms with Crippen LogP contribution in [0.5, 0.6) is 5.75 Å². The number of rotatable bonds is 6. The number of methoxy groups -OCH3 is 1. The molecule has 0 aliphatic carbocycles. The summed E-state index contributed by atoms with van der Waals surface area (Å²) >= 11 is 1.69.